The number of aromatic amines is 1. The van der Waals surface area contributed by atoms with Crippen LogP contribution in [0.1, 0.15) is 37.3 Å². The van der Waals surface area contributed by atoms with Crippen molar-refractivity contribution in [2.24, 2.45) is 5.92 Å². The van der Waals surface area contributed by atoms with Crippen molar-refractivity contribution >= 4 is 6.47 Å². The van der Waals surface area contributed by atoms with Gasteiger partial charge in [0.25, 0.3) is 6.47 Å². The third kappa shape index (κ3) is 3.05. The van der Waals surface area contributed by atoms with Crippen molar-refractivity contribution in [1.82, 2.24) is 15.2 Å². The Morgan fingerprint density at radius 2 is 2.06 bits per heavy atom. The van der Waals surface area contributed by atoms with Gasteiger partial charge in [0, 0.05) is 12.8 Å². The molecule has 1 heterocycles. The van der Waals surface area contributed by atoms with Gasteiger partial charge >= 0.3 is 0 Å². The van der Waals surface area contributed by atoms with E-state index in [2.05, 4.69) is 19.9 Å². The number of carbonyl (C=O) groups is 1. The number of ether oxygens (including phenoxy) is 1. The van der Waals surface area contributed by atoms with Gasteiger partial charge in [-0.15, -0.1) is 10.2 Å². The topological polar surface area (TPSA) is 67.9 Å². The monoisotopic (exact) mass is 223 g/mol. The van der Waals surface area contributed by atoms with Gasteiger partial charge in [0.05, 0.1) is 6.61 Å². The molecule has 88 valence electrons. The van der Waals surface area contributed by atoms with Gasteiger partial charge in [0.2, 0.25) is 0 Å². The zero-order chi connectivity index (χ0) is 11.2. The molecule has 1 N–H and O–H groups in total. The molecule has 1 aromatic rings. The number of hydrogen-bond donors (Lipinski definition) is 1. The molecule has 0 spiro atoms. The van der Waals surface area contributed by atoms with E-state index in [1.807, 2.05) is 0 Å². The highest BCUT2D eigenvalue weighted by Crippen LogP contribution is 2.26. The summed E-state index contributed by atoms with van der Waals surface area (Å²) in [6.45, 7) is 0.817. The molecular weight excluding hydrogens is 206 g/mol. The molecule has 0 amide bonds. The Labute approximate surface area is 94.6 Å². The first-order chi connectivity index (χ1) is 7.88. The minimum absolute atomic E-state index is 0.363. The number of nitrogens with one attached hydrogen (secondary N) is 1. The van der Waals surface area contributed by atoms with Crippen molar-refractivity contribution < 1.29 is 9.53 Å². The van der Waals surface area contributed by atoms with Crippen LogP contribution in [-0.4, -0.2) is 28.3 Å². The van der Waals surface area contributed by atoms with Gasteiger partial charge < -0.3 is 9.72 Å². The van der Waals surface area contributed by atoms with E-state index in [1.165, 1.54) is 25.7 Å². The van der Waals surface area contributed by atoms with Gasteiger partial charge in [-0.2, -0.15) is 0 Å². The molecule has 0 saturated heterocycles. The molecule has 0 radical (unpaired) electrons. The van der Waals surface area contributed by atoms with E-state index < -0.39 is 0 Å². The van der Waals surface area contributed by atoms with E-state index in [1.54, 1.807) is 0 Å². The number of carbonyl (C=O) groups excluding carboxylic acids is 1. The van der Waals surface area contributed by atoms with Crippen LogP contribution in [-0.2, 0) is 22.4 Å². The highest BCUT2D eigenvalue weighted by molar-refractivity contribution is 5.36. The van der Waals surface area contributed by atoms with Crippen molar-refractivity contribution in [3.8, 4) is 0 Å². The summed E-state index contributed by atoms with van der Waals surface area (Å²) in [5.41, 5.74) is 0. The first-order valence-electron chi connectivity index (χ1n) is 5.84. The third-order valence-electron chi connectivity index (χ3n) is 3.06. The number of nitrogens with zero attached hydrogens (tertiary/aromatic N) is 2. The van der Waals surface area contributed by atoms with E-state index in [0.29, 0.717) is 19.5 Å². The summed E-state index contributed by atoms with van der Waals surface area (Å²) in [5, 5.41) is 8.14. The van der Waals surface area contributed by atoms with Crippen LogP contribution in [0.25, 0.3) is 0 Å². The van der Waals surface area contributed by atoms with Crippen molar-refractivity contribution in [1.29, 1.82) is 0 Å². The molecule has 0 atom stereocenters. The van der Waals surface area contributed by atoms with Crippen LogP contribution in [0.2, 0.25) is 0 Å². The number of aromatic nitrogens is 3. The van der Waals surface area contributed by atoms with Crippen LogP contribution >= 0.6 is 0 Å². The van der Waals surface area contributed by atoms with E-state index in [-0.39, 0.29) is 0 Å². The molecule has 2 rings (SSSR count). The van der Waals surface area contributed by atoms with Crippen LogP contribution in [0.15, 0.2) is 0 Å². The van der Waals surface area contributed by atoms with E-state index in [0.717, 1.165) is 24.0 Å². The predicted molar refractivity (Wildman–Crippen MR) is 57.8 cm³/mol. The van der Waals surface area contributed by atoms with E-state index in [4.69, 9.17) is 0 Å². The van der Waals surface area contributed by atoms with Gasteiger partial charge in [-0.3, -0.25) is 4.79 Å². The summed E-state index contributed by atoms with van der Waals surface area (Å²) in [7, 11) is 0. The Bertz CT molecular complexity index is 332. The van der Waals surface area contributed by atoms with Crippen LogP contribution in [0.5, 0.6) is 0 Å². The maximum Gasteiger partial charge on any atom is 0.293 e. The highest BCUT2D eigenvalue weighted by atomic mass is 16.5. The SMILES string of the molecule is O=COCCc1nnc(CC2CCCC2)[nH]1. The summed E-state index contributed by atoms with van der Waals surface area (Å²) in [6, 6.07) is 0. The van der Waals surface area contributed by atoms with Gasteiger partial charge in [0.1, 0.15) is 11.6 Å². The lowest BCUT2D eigenvalue weighted by Gasteiger charge is -2.04. The second kappa shape index (κ2) is 5.63. The third-order valence-corrected chi connectivity index (χ3v) is 3.06. The van der Waals surface area contributed by atoms with Crippen molar-refractivity contribution in [2.75, 3.05) is 6.61 Å². The summed E-state index contributed by atoms with van der Waals surface area (Å²) in [5.74, 6) is 2.54. The molecule has 0 bridgehead atoms. The minimum Gasteiger partial charge on any atom is -0.467 e. The lowest BCUT2D eigenvalue weighted by molar-refractivity contribution is -0.128. The molecule has 0 aliphatic heterocycles. The lowest BCUT2D eigenvalue weighted by Crippen LogP contribution is -2.01. The Balaban J connectivity index is 1.79. The zero-order valence-corrected chi connectivity index (χ0v) is 9.32. The minimum atomic E-state index is 0.363. The zero-order valence-electron chi connectivity index (χ0n) is 9.32. The van der Waals surface area contributed by atoms with Gasteiger partial charge in [-0.05, 0) is 5.92 Å². The molecule has 5 heteroatoms. The number of H-pyrrole nitrogens is 1. The van der Waals surface area contributed by atoms with Gasteiger partial charge in [-0.25, -0.2) is 0 Å². The fraction of sp³-hybridized carbons (Fsp3) is 0.727. The molecule has 1 aromatic heterocycles. The summed E-state index contributed by atoms with van der Waals surface area (Å²) < 4.78 is 4.61. The smallest absolute Gasteiger partial charge is 0.293 e. The van der Waals surface area contributed by atoms with Crippen LogP contribution in [0.4, 0.5) is 0 Å². The maximum absolute atomic E-state index is 9.96. The highest BCUT2D eigenvalue weighted by Gasteiger charge is 2.17. The van der Waals surface area contributed by atoms with Crippen molar-refractivity contribution in [2.45, 2.75) is 38.5 Å². The average Bonchev–Trinajstić information content (AvgIpc) is 2.91. The maximum atomic E-state index is 9.96. The average molecular weight is 223 g/mol. The molecule has 0 unspecified atom stereocenters. The summed E-state index contributed by atoms with van der Waals surface area (Å²) >= 11 is 0. The largest absolute Gasteiger partial charge is 0.467 e. The fourth-order valence-electron chi connectivity index (χ4n) is 2.23. The molecule has 16 heavy (non-hydrogen) atoms. The second-order valence-electron chi connectivity index (χ2n) is 4.29. The normalized spacial score (nSPS) is 16.5. The van der Waals surface area contributed by atoms with Crippen molar-refractivity contribution in [3.05, 3.63) is 11.6 Å². The first kappa shape index (κ1) is 11.1. The predicted octanol–water partition coefficient (Wildman–Crippen LogP) is 1.25. The Kier molecular flexibility index (Phi) is 3.91. The molecular formula is C11H17N3O2. The Morgan fingerprint density at radius 1 is 1.31 bits per heavy atom. The Hall–Kier alpha value is -1.39. The molecule has 0 aromatic carbocycles. The second-order valence-corrected chi connectivity index (χ2v) is 4.29. The quantitative estimate of drug-likeness (QED) is 0.582. The van der Waals surface area contributed by atoms with Crippen molar-refractivity contribution in [3.63, 3.8) is 0 Å². The summed E-state index contributed by atoms with van der Waals surface area (Å²) in [6.07, 6.45) is 6.92. The summed E-state index contributed by atoms with van der Waals surface area (Å²) in [4.78, 5) is 13.1. The standard InChI is InChI=1S/C11H17N3O2/c15-8-16-6-5-10-12-11(14-13-10)7-9-3-1-2-4-9/h8-9H,1-7H2,(H,12,13,14). The molecule has 5 nitrogen and oxygen atoms in total. The van der Waals surface area contributed by atoms with Gasteiger partial charge in [0.15, 0.2) is 0 Å². The molecule has 1 saturated carbocycles. The molecule has 1 aliphatic carbocycles. The molecule has 1 aliphatic rings. The molecule has 1 fully saturated rings. The Morgan fingerprint density at radius 3 is 2.81 bits per heavy atom. The lowest BCUT2D eigenvalue weighted by atomic mass is 10.0. The van der Waals surface area contributed by atoms with Crippen LogP contribution in [0.3, 0.4) is 0 Å². The number of rotatable bonds is 6. The fourth-order valence-corrected chi connectivity index (χ4v) is 2.23. The first-order valence-corrected chi connectivity index (χ1v) is 5.84. The number of hydrogen-bond acceptors (Lipinski definition) is 4. The van der Waals surface area contributed by atoms with Crippen LogP contribution < -0.4 is 0 Å². The van der Waals surface area contributed by atoms with E-state index >= 15 is 0 Å². The van der Waals surface area contributed by atoms with E-state index in [9.17, 15) is 4.79 Å². The van der Waals surface area contributed by atoms with Gasteiger partial charge in [-0.1, -0.05) is 25.7 Å². The van der Waals surface area contributed by atoms with Crippen LogP contribution in [0, 0.1) is 5.92 Å².